The second-order valence-electron chi connectivity index (χ2n) is 8.77. The quantitative estimate of drug-likeness (QED) is 0.640. The van der Waals surface area contributed by atoms with E-state index < -0.39 is 6.04 Å². The van der Waals surface area contributed by atoms with Gasteiger partial charge in [0, 0.05) is 38.2 Å². The Balaban J connectivity index is 1.51. The highest BCUT2D eigenvalue weighted by molar-refractivity contribution is 6.31. The van der Waals surface area contributed by atoms with Gasteiger partial charge in [0.05, 0.1) is 13.2 Å². The summed E-state index contributed by atoms with van der Waals surface area (Å²) in [5, 5.41) is 0.665. The molecule has 3 aliphatic rings. The minimum atomic E-state index is -0.659. The summed E-state index contributed by atoms with van der Waals surface area (Å²) in [4.78, 5) is 36.5. The fourth-order valence-corrected chi connectivity index (χ4v) is 4.91. The lowest BCUT2D eigenvalue weighted by molar-refractivity contribution is -0.682. The number of aliphatic imine (C=N–C) groups is 1. The number of amides is 3. The Labute approximate surface area is 197 Å². The average molecular weight is 472 g/mol. The number of imidazole rings is 1. The molecule has 3 amide bonds. The number of aryl methyl sites for hydroxylation is 1. The molecule has 174 valence electrons. The summed E-state index contributed by atoms with van der Waals surface area (Å²) < 4.78 is 9.33. The van der Waals surface area contributed by atoms with Crippen molar-refractivity contribution in [2.24, 2.45) is 4.99 Å². The Morgan fingerprint density at radius 3 is 2.58 bits per heavy atom. The molecule has 9 nitrogen and oxygen atoms in total. The maximum atomic E-state index is 13.6. The second kappa shape index (κ2) is 8.23. The fraction of sp³-hybridized carbons (Fsp3) is 0.478. The number of nitrogens with zero attached hydrogens (tertiary/aromatic N) is 6. The van der Waals surface area contributed by atoms with Crippen molar-refractivity contribution in [3.63, 3.8) is 0 Å². The summed E-state index contributed by atoms with van der Waals surface area (Å²) in [6, 6.07) is 4.86. The Kier molecular flexibility index (Phi) is 5.50. The first-order valence-electron chi connectivity index (χ1n) is 11.2. The van der Waals surface area contributed by atoms with Crippen LogP contribution in [0.3, 0.4) is 0 Å². The molecule has 0 saturated carbocycles. The maximum absolute atomic E-state index is 13.6. The molecule has 0 bridgehead atoms. The zero-order valence-electron chi connectivity index (χ0n) is 19.3. The molecule has 1 aromatic carbocycles. The average Bonchev–Trinajstić information content (AvgIpc) is 3.30. The van der Waals surface area contributed by atoms with Crippen molar-refractivity contribution >= 4 is 35.3 Å². The van der Waals surface area contributed by atoms with Crippen LogP contribution in [0.15, 0.2) is 23.2 Å². The van der Waals surface area contributed by atoms with Crippen LogP contribution in [-0.4, -0.2) is 83.5 Å². The fourth-order valence-electron chi connectivity index (χ4n) is 4.74. The lowest BCUT2D eigenvalue weighted by Crippen LogP contribution is -2.64. The molecule has 5 rings (SSSR count). The van der Waals surface area contributed by atoms with E-state index in [9.17, 15) is 9.59 Å². The van der Waals surface area contributed by atoms with E-state index in [1.54, 1.807) is 7.05 Å². The molecule has 1 unspecified atom stereocenters. The summed E-state index contributed by atoms with van der Waals surface area (Å²) in [5.41, 5.74) is 3.76. The van der Waals surface area contributed by atoms with Crippen molar-refractivity contribution in [1.29, 1.82) is 0 Å². The van der Waals surface area contributed by atoms with Gasteiger partial charge in [-0.3, -0.25) is 19.5 Å². The predicted molar refractivity (Wildman–Crippen MR) is 123 cm³/mol. The summed E-state index contributed by atoms with van der Waals surface area (Å²) >= 11 is 6.40. The largest absolute Gasteiger partial charge is 0.407 e. The minimum absolute atomic E-state index is 0.240. The third-order valence-corrected chi connectivity index (χ3v) is 7.28. The molecule has 0 aliphatic carbocycles. The van der Waals surface area contributed by atoms with Crippen molar-refractivity contribution in [3.8, 4) is 5.69 Å². The van der Waals surface area contributed by atoms with E-state index in [0.29, 0.717) is 43.1 Å². The van der Waals surface area contributed by atoms with Crippen LogP contribution in [0, 0.1) is 20.8 Å². The molecule has 0 spiro atoms. The first kappa shape index (κ1) is 22.1. The molecular formula is C23H28ClN6O3+. The molecule has 3 aliphatic heterocycles. The standard InChI is InChI=1S/C23H28ClN6O3/c1-14-5-6-17(13-18(14)24)29-15(2)16(3)30-19-20(25-22(29)30)26(4)23(32)28(21(19)31)8-7-27-9-11-33-12-10-27/h5-6,13,19H,7-12H2,1-4H3/q+1. The Morgan fingerprint density at radius 2 is 1.88 bits per heavy atom. The van der Waals surface area contributed by atoms with Gasteiger partial charge in [0.25, 0.3) is 5.91 Å². The van der Waals surface area contributed by atoms with Gasteiger partial charge < -0.3 is 4.74 Å². The molecule has 10 heteroatoms. The summed E-state index contributed by atoms with van der Waals surface area (Å²) in [6.07, 6.45) is 0. The first-order chi connectivity index (χ1) is 15.8. The lowest BCUT2D eigenvalue weighted by Gasteiger charge is -2.35. The van der Waals surface area contributed by atoms with Gasteiger partial charge in [-0.25, -0.2) is 9.36 Å². The minimum Gasteiger partial charge on any atom is -0.379 e. The van der Waals surface area contributed by atoms with E-state index >= 15 is 0 Å². The number of benzene rings is 1. The van der Waals surface area contributed by atoms with Crippen molar-refractivity contribution < 1.29 is 18.9 Å². The predicted octanol–water partition coefficient (Wildman–Crippen LogP) is 2.15. The highest BCUT2D eigenvalue weighted by Crippen LogP contribution is 2.33. The number of imide groups is 1. The van der Waals surface area contributed by atoms with Gasteiger partial charge in [0.2, 0.25) is 11.9 Å². The summed E-state index contributed by atoms with van der Waals surface area (Å²) in [5.74, 6) is 0.835. The van der Waals surface area contributed by atoms with E-state index in [4.69, 9.17) is 21.3 Å². The lowest BCUT2D eigenvalue weighted by atomic mass is 10.1. The van der Waals surface area contributed by atoms with Crippen LogP contribution in [0.2, 0.25) is 5.02 Å². The highest BCUT2D eigenvalue weighted by Gasteiger charge is 2.54. The van der Waals surface area contributed by atoms with Gasteiger partial charge in [-0.15, -0.1) is 0 Å². The maximum Gasteiger partial charge on any atom is 0.407 e. The number of likely N-dealkylation sites (N-methyl/N-ethyl adjacent to an activating group) is 1. The van der Waals surface area contributed by atoms with Crippen LogP contribution < -0.4 is 4.57 Å². The summed E-state index contributed by atoms with van der Waals surface area (Å²) in [7, 11) is 1.68. The first-order valence-corrected chi connectivity index (χ1v) is 11.5. The number of carbonyl (C=O) groups is 2. The molecule has 2 aromatic rings. The monoisotopic (exact) mass is 471 g/mol. The van der Waals surface area contributed by atoms with E-state index in [0.717, 1.165) is 35.7 Å². The molecule has 33 heavy (non-hydrogen) atoms. The van der Waals surface area contributed by atoms with E-state index in [1.165, 1.54) is 9.80 Å². The number of ether oxygens (including phenoxy) is 1. The van der Waals surface area contributed by atoms with Gasteiger partial charge in [0.1, 0.15) is 17.1 Å². The number of amidine groups is 1. The van der Waals surface area contributed by atoms with Gasteiger partial charge in [-0.05, 0) is 38.5 Å². The van der Waals surface area contributed by atoms with Crippen molar-refractivity contribution in [1.82, 2.24) is 19.3 Å². The third kappa shape index (κ3) is 3.46. The normalized spacial score (nSPS) is 20.9. The van der Waals surface area contributed by atoms with E-state index in [2.05, 4.69) is 4.90 Å². The molecule has 1 atom stereocenters. The number of aromatic nitrogens is 2. The SMILES string of the molecule is Cc1ccc(-n2c(C)c(C)[n+]3c2N=C2C3C(=O)N(CCN3CCOCC3)C(=O)N2C)cc1Cl. The number of morpholine rings is 1. The van der Waals surface area contributed by atoms with E-state index in [-0.39, 0.29) is 11.9 Å². The molecule has 0 N–H and O–H groups in total. The molecule has 1 aromatic heterocycles. The number of hydrogen-bond donors (Lipinski definition) is 0. The van der Waals surface area contributed by atoms with Crippen LogP contribution in [0.4, 0.5) is 10.7 Å². The third-order valence-electron chi connectivity index (χ3n) is 6.87. The zero-order valence-corrected chi connectivity index (χ0v) is 20.1. The zero-order chi connectivity index (χ0) is 23.4. The van der Waals surface area contributed by atoms with Crippen LogP contribution in [0.25, 0.3) is 5.69 Å². The second-order valence-corrected chi connectivity index (χ2v) is 9.17. The topological polar surface area (TPSA) is 74.3 Å². The number of halogens is 1. The Hall–Kier alpha value is -2.75. The van der Waals surface area contributed by atoms with Gasteiger partial charge >= 0.3 is 12.0 Å². The van der Waals surface area contributed by atoms with Gasteiger partial charge in [0.15, 0.2) is 0 Å². The van der Waals surface area contributed by atoms with Gasteiger partial charge in [-0.2, -0.15) is 4.57 Å². The van der Waals surface area contributed by atoms with Crippen LogP contribution in [0.5, 0.6) is 0 Å². The Bertz CT molecular complexity index is 1180. The number of carbonyl (C=O) groups excluding carboxylic acids is 2. The molecular weight excluding hydrogens is 444 g/mol. The van der Waals surface area contributed by atoms with Crippen molar-refractivity contribution in [2.75, 3.05) is 46.4 Å². The number of hydrogen-bond acceptors (Lipinski definition) is 5. The van der Waals surface area contributed by atoms with Crippen LogP contribution in [0.1, 0.15) is 23.0 Å². The molecule has 2 saturated heterocycles. The van der Waals surface area contributed by atoms with Crippen LogP contribution in [-0.2, 0) is 9.53 Å². The molecule has 0 radical (unpaired) electrons. The smallest absolute Gasteiger partial charge is 0.379 e. The van der Waals surface area contributed by atoms with Crippen LogP contribution >= 0.6 is 11.6 Å². The molecule has 2 fully saturated rings. The number of fused-ring (bicyclic) bond motifs is 3. The van der Waals surface area contributed by atoms with Gasteiger partial charge in [-0.1, -0.05) is 22.7 Å². The Morgan fingerprint density at radius 1 is 1.15 bits per heavy atom. The van der Waals surface area contributed by atoms with E-state index in [1.807, 2.05) is 48.1 Å². The number of urea groups is 1. The molecule has 4 heterocycles. The van der Waals surface area contributed by atoms with Crippen molar-refractivity contribution in [2.45, 2.75) is 26.8 Å². The summed E-state index contributed by atoms with van der Waals surface area (Å²) in [6.45, 7) is 9.87. The highest BCUT2D eigenvalue weighted by atomic mass is 35.5. The number of rotatable bonds is 4. The van der Waals surface area contributed by atoms with Crippen molar-refractivity contribution in [3.05, 3.63) is 40.2 Å².